The third kappa shape index (κ3) is 3.71. The fourth-order valence-corrected chi connectivity index (χ4v) is 3.40. The number of rotatable bonds is 5. The summed E-state index contributed by atoms with van der Waals surface area (Å²) in [6.07, 6.45) is 0.756. The first kappa shape index (κ1) is 16.4. The zero-order valence-electron chi connectivity index (χ0n) is 13.8. The number of aromatic amines is 1. The number of para-hydroxylation sites is 1. The Morgan fingerprint density at radius 3 is 2.96 bits per heavy atom. The molecule has 0 saturated carbocycles. The highest BCUT2D eigenvalue weighted by Crippen LogP contribution is 2.18. The van der Waals surface area contributed by atoms with Crippen molar-refractivity contribution < 1.29 is 9.50 Å². The van der Waals surface area contributed by atoms with Gasteiger partial charge in [0.25, 0.3) is 0 Å². The Labute approximate surface area is 136 Å². The molecule has 2 heterocycles. The number of aromatic nitrogens is 2. The monoisotopic (exact) mass is 320 g/mol. The predicted octanol–water partition coefficient (Wildman–Crippen LogP) is 1.98. The number of halogens is 1. The molecule has 5 nitrogen and oxygen atoms in total. The Morgan fingerprint density at radius 2 is 2.26 bits per heavy atom. The van der Waals surface area contributed by atoms with Crippen LogP contribution in [0.15, 0.2) is 18.2 Å². The minimum atomic E-state index is -0.297. The van der Waals surface area contributed by atoms with Crippen molar-refractivity contribution in [1.82, 2.24) is 19.8 Å². The van der Waals surface area contributed by atoms with Crippen LogP contribution in [-0.4, -0.2) is 63.2 Å². The lowest BCUT2D eigenvalue weighted by Gasteiger charge is -2.41. The van der Waals surface area contributed by atoms with E-state index in [1.807, 2.05) is 13.0 Å². The summed E-state index contributed by atoms with van der Waals surface area (Å²) in [6.45, 7) is 8.26. The van der Waals surface area contributed by atoms with Crippen molar-refractivity contribution in [2.75, 3.05) is 26.2 Å². The number of hydrogen-bond acceptors (Lipinski definition) is 4. The molecule has 1 aliphatic rings. The second-order valence-corrected chi connectivity index (χ2v) is 6.46. The molecule has 0 spiro atoms. The van der Waals surface area contributed by atoms with E-state index in [1.54, 1.807) is 6.07 Å². The number of H-pyrrole nitrogens is 1. The molecule has 1 aromatic carbocycles. The summed E-state index contributed by atoms with van der Waals surface area (Å²) in [5.74, 6) is 0.530. The molecule has 1 saturated heterocycles. The van der Waals surface area contributed by atoms with Gasteiger partial charge in [0.2, 0.25) is 0 Å². The van der Waals surface area contributed by atoms with Gasteiger partial charge in [0.05, 0.1) is 18.2 Å². The van der Waals surface area contributed by atoms with Crippen LogP contribution in [0.25, 0.3) is 11.0 Å². The number of benzene rings is 1. The average molecular weight is 320 g/mol. The Balaban J connectivity index is 1.67. The maximum absolute atomic E-state index is 13.7. The molecule has 0 amide bonds. The number of hydrogen-bond donors (Lipinski definition) is 2. The molecule has 1 aromatic heterocycles. The van der Waals surface area contributed by atoms with Crippen molar-refractivity contribution >= 4 is 11.0 Å². The molecular formula is C17H25FN4O. The van der Waals surface area contributed by atoms with Gasteiger partial charge in [-0.15, -0.1) is 0 Å². The minimum Gasteiger partial charge on any atom is -0.392 e. The van der Waals surface area contributed by atoms with Crippen LogP contribution < -0.4 is 0 Å². The van der Waals surface area contributed by atoms with Gasteiger partial charge in [-0.2, -0.15) is 0 Å². The first-order valence-electron chi connectivity index (χ1n) is 8.34. The van der Waals surface area contributed by atoms with E-state index < -0.39 is 0 Å². The SMILES string of the molecule is CC[C@@H]1CN(Cc2nc3c(F)cccc3[nH]2)CCN1C[C@H](C)O. The molecule has 1 fully saturated rings. The number of aliphatic hydroxyl groups excluding tert-OH is 1. The molecule has 2 atom stereocenters. The number of nitrogens with one attached hydrogen (secondary N) is 1. The molecule has 23 heavy (non-hydrogen) atoms. The maximum atomic E-state index is 13.7. The normalized spacial score (nSPS) is 21.8. The van der Waals surface area contributed by atoms with Crippen LogP contribution in [0, 0.1) is 5.82 Å². The summed E-state index contributed by atoms with van der Waals surface area (Å²) in [4.78, 5) is 12.3. The largest absolute Gasteiger partial charge is 0.392 e. The van der Waals surface area contributed by atoms with Crippen LogP contribution in [0.1, 0.15) is 26.1 Å². The van der Waals surface area contributed by atoms with E-state index in [0.717, 1.165) is 43.9 Å². The Bertz CT molecular complexity index is 657. The summed E-state index contributed by atoms with van der Waals surface area (Å²) in [7, 11) is 0. The number of nitrogens with zero attached hydrogens (tertiary/aromatic N) is 3. The lowest BCUT2D eigenvalue weighted by molar-refractivity contribution is 0.0330. The highest BCUT2D eigenvalue weighted by molar-refractivity contribution is 5.75. The van der Waals surface area contributed by atoms with Crippen LogP contribution in [0.4, 0.5) is 4.39 Å². The van der Waals surface area contributed by atoms with Crippen LogP contribution in [0.3, 0.4) is 0 Å². The third-order valence-corrected chi connectivity index (χ3v) is 4.54. The smallest absolute Gasteiger partial charge is 0.151 e. The van der Waals surface area contributed by atoms with Gasteiger partial charge >= 0.3 is 0 Å². The van der Waals surface area contributed by atoms with E-state index in [9.17, 15) is 9.50 Å². The first-order valence-corrected chi connectivity index (χ1v) is 8.34. The predicted molar refractivity (Wildman–Crippen MR) is 88.7 cm³/mol. The molecule has 6 heteroatoms. The van der Waals surface area contributed by atoms with Gasteiger partial charge in [-0.25, -0.2) is 9.37 Å². The van der Waals surface area contributed by atoms with Gasteiger partial charge in [0.15, 0.2) is 5.82 Å². The number of imidazole rings is 1. The minimum absolute atomic E-state index is 0.279. The summed E-state index contributed by atoms with van der Waals surface area (Å²) in [5.41, 5.74) is 1.17. The quantitative estimate of drug-likeness (QED) is 0.884. The highest BCUT2D eigenvalue weighted by atomic mass is 19.1. The van der Waals surface area contributed by atoms with Gasteiger partial charge in [-0.1, -0.05) is 13.0 Å². The molecule has 0 radical (unpaired) electrons. The standard InChI is InChI=1S/C17H25FN4O/c1-3-13-10-21(7-8-22(13)9-12(2)23)11-16-19-15-6-4-5-14(18)17(15)20-16/h4-6,12-13,23H,3,7-11H2,1-2H3,(H,19,20)/t12-,13+/m0/s1. The Hall–Kier alpha value is -1.50. The molecule has 2 N–H and O–H groups in total. The van der Waals surface area contributed by atoms with Crippen LogP contribution in [-0.2, 0) is 6.54 Å². The second kappa shape index (κ2) is 6.95. The molecular weight excluding hydrogens is 295 g/mol. The lowest BCUT2D eigenvalue weighted by Crippen LogP contribution is -2.54. The van der Waals surface area contributed by atoms with Crippen LogP contribution in [0.2, 0.25) is 0 Å². The molecule has 0 aliphatic carbocycles. The van der Waals surface area contributed by atoms with E-state index in [0.29, 0.717) is 18.1 Å². The van der Waals surface area contributed by atoms with Gasteiger partial charge < -0.3 is 10.1 Å². The molecule has 3 rings (SSSR count). The van der Waals surface area contributed by atoms with E-state index in [4.69, 9.17) is 0 Å². The first-order chi connectivity index (χ1) is 11.1. The molecule has 1 aliphatic heterocycles. The Kier molecular flexibility index (Phi) is 4.94. The van der Waals surface area contributed by atoms with Gasteiger partial charge in [0.1, 0.15) is 11.3 Å². The van der Waals surface area contributed by atoms with Crippen LogP contribution in [0.5, 0.6) is 0 Å². The summed E-state index contributed by atoms with van der Waals surface area (Å²) >= 11 is 0. The summed E-state index contributed by atoms with van der Waals surface area (Å²) < 4.78 is 13.7. The third-order valence-electron chi connectivity index (χ3n) is 4.54. The van der Waals surface area contributed by atoms with Gasteiger partial charge in [-0.05, 0) is 25.5 Å². The highest BCUT2D eigenvalue weighted by Gasteiger charge is 2.26. The number of β-amino-alcohol motifs (C(OH)–C–C–N with tert-alkyl or cyclic N) is 1. The zero-order valence-corrected chi connectivity index (χ0v) is 13.8. The van der Waals surface area contributed by atoms with E-state index in [1.165, 1.54) is 6.07 Å². The van der Waals surface area contributed by atoms with Gasteiger partial charge in [-0.3, -0.25) is 9.80 Å². The Morgan fingerprint density at radius 1 is 1.43 bits per heavy atom. The van der Waals surface area contributed by atoms with E-state index in [2.05, 4.69) is 26.7 Å². The number of aliphatic hydroxyl groups is 1. The van der Waals surface area contributed by atoms with E-state index >= 15 is 0 Å². The lowest BCUT2D eigenvalue weighted by atomic mass is 10.1. The average Bonchev–Trinajstić information content (AvgIpc) is 2.92. The van der Waals surface area contributed by atoms with Crippen molar-refractivity contribution in [3.05, 3.63) is 29.8 Å². The summed E-state index contributed by atoms with van der Waals surface area (Å²) in [5, 5.41) is 9.62. The van der Waals surface area contributed by atoms with Crippen molar-refractivity contribution in [3.63, 3.8) is 0 Å². The molecule has 0 bridgehead atoms. The second-order valence-electron chi connectivity index (χ2n) is 6.46. The van der Waals surface area contributed by atoms with Crippen LogP contribution >= 0.6 is 0 Å². The van der Waals surface area contributed by atoms with Crippen molar-refractivity contribution in [2.24, 2.45) is 0 Å². The number of piperazine rings is 1. The fourth-order valence-electron chi connectivity index (χ4n) is 3.40. The van der Waals surface area contributed by atoms with Crippen molar-refractivity contribution in [1.29, 1.82) is 0 Å². The van der Waals surface area contributed by atoms with Crippen molar-refractivity contribution in [2.45, 2.75) is 39.0 Å². The van der Waals surface area contributed by atoms with Gasteiger partial charge in [0, 0.05) is 32.2 Å². The molecule has 2 aromatic rings. The number of fused-ring (bicyclic) bond motifs is 1. The summed E-state index contributed by atoms with van der Waals surface area (Å²) in [6, 6.07) is 5.43. The molecule has 126 valence electrons. The maximum Gasteiger partial charge on any atom is 0.151 e. The fraction of sp³-hybridized carbons (Fsp3) is 0.588. The zero-order chi connectivity index (χ0) is 16.4. The topological polar surface area (TPSA) is 55.4 Å². The van der Waals surface area contributed by atoms with E-state index in [-0.39, 0.29) is 11.9 Å². The molecule has 0 unspecified atom stereocenters. The van der Waals surface area contributed by atoms with Crippen molar-refractivity contribution in [3.8, 4) is 0 Å².